The number of allylic oxidation sites excluding steroid dienone is 1. The molecule has 0 N–H and O–H groups in total. The third kappa shape index (κ3) is 6.48. The summed E-state index contributed by atoms with van der Waals surface area (Å²) in [4.78, 5) is 0. The molecule has 0 amide bonds. The van der Waals surface area contributed by atoms with Crippen LogP contribution in [0.4, 0.5) is 0 Å². The minimum Gasteiger partial charge on any atom is -0.309 e. The molecule has 0 radical (unpaired) electrons. The van der Waals surface area contributed by atoms with Crippen LogP contribution in [0.3, 0.4) is 0 Å². The molecule has 0 bridgehead atoms. The van der Waals surface area contributed by atoms with Crippen molar-refractivity contribution in [2.24, 2.45) is 5.41 Å². The topological polar surface area (TPSA) is 35.5 Å². The van der Waals surface area contributed by atoms with E-state index in [1.165, 1.54) is 5.56 Å². The van der Waals surface area contributed by atoms with E-state index in [1.54, 1.807) is 0 Å². The Hall–Kier alpha value is -0.890. The van der Waals surface area contributed by atoms with Gasteiger partial charge in [-0.25, -0.2) is 0 Å². The summed E-state index contributed by atoms with van der Waals surface area (Å²) < 4.78 is 23.6. The van der Waals surface area contributed by atoms with Gasteiger partial charge in [0, 0.05) is 0 Å². The third-order valence-electron chi connectivity index (χ3n) is 3.76. The molecule has 0 unspecified atom stereocenters. The smallest absolute Gasteiger partial charge is 0.309 e. The first-order chi connectivity index (χ1) is 10.5. The molecule has 0 heterocycles. The lowest BCUT2D eigenvalue weighted by Gasteiger charge is -2.29. The van der Waals surface area contributed by atoms with Gasteiger partial charge in [0.25, 0.3) is 0 Å². The molecule has 1 rings (SSSR count). The number of aryl methyl sites for hydroxylation is 1. The molecule has 0 fully saturated rings. The zero-order valence-electron chi connectivity index (χ0n) is 14.1. The van der Waals surface area contributed by atoms with Gasteiger partial charge in [0.15, 0.2) is 0 Å². The Morgan fingerprint density at radius 2 is 1.77 bits per heavy atom. The Morgan fingerprint density at radius 3 is 2.27 bits per heavy atom. The van der Waals surface area contributed by atoms with Crippen LogP contribution in [0.1, 0.15) is 39.2 Å². The lowest BCUT2D eigenvalue weighted by Crippen LogP contribution is -2.20. The van der Waals surface area contributed by atoms with E-state index in [0.717, 1.165) is 19.3 Å². The van der Waals surface area contributed by atoms with E-state index in [4.69, 9.17) is 9.05 Å². The van der Waals surface area contributed by atoms with Gasteiger partial charge < -0.3 is 9.05 Å². The molecular formula is C18H29O3P. The number of hydrogen-bond donors (Lipinski definition) is 0. The molecule has 0 spiro atoms. The van der Waals surface area contributed by atoms with Gasteiger partial charge in [-0.2, -0.15) is 0 Å². The number of benzene rings is 1. The number of hydrogen-bond acceptors (Lipinski definition) is 3. The molecule has 0 saturated heterocycles. The van der Waals surface area contributed by atoms with Crippen molar-refractivity contribution in [2.75, 3.05) is 19.4 Å². The highest BCUT2D eigenvalue weighted by Gasteiger charge is 2.34. The van der Waals surface area contributed by atoms with E-state index in [9.17, 15) is 4.57 Å². The Labute approximate surface area is 135 Å². The van der Waals surface area contributed by atoms with Crippen molar-refractivity contribution in [2.45, 2.75) is 40.0 Å². The second-order valence-corrected chi connectivity index (χ2v) is 7.86. The summed E-state index contributed by atoms with van der Waals surface area (Å²) in [5, 5.41) is 0. The van der Waals surface area contributed by atoms with E-state index in [1.807, 2.05) is 26.0 Å². The fourth-order valence-electron chi connectivity index (χ4n) is 2.55. The maximum Gasteiger partial charge on any atom is 0.331 e. The average Bonchev–Trinajstić information content (AvgIpc) is 2.48. The third-order valence-corrected chi connectivity index (χ3v) is 6.17. The zero-order valence-corrected chi connectivity index (χ0v) is 15.0. The van der Waals surface area contributed by atoms with Crippen LogP contribution < -0.4 is 0 Å². The van der Waals surface area contributed by atoms with E-state index >= 15 is 0 Å². The molecule has 0 aromatic heterocycles. The largest absolute Gasteiger partial charge is 0.331 e. The summed E-state index contributed by atoms with van der Waals surface area (Å²) in [6, 6.07) is 10.4. The van der Waals surface area contributed by atoms with E-state index in [-0.39, 0.29) is 5.41 Å². The van der Waals surface area contributed by atoms with Crippen LogP contribution in [-0.2, 0) is 20.0 Å². The molecule has 0 aliphatic heterocycles. The maximum atomic E-state index is 12.7. The first-order valence-corrected chi connectivity index (χ1v) is 9.75. The van der Waals surface area contributed by atoms with Gasteiger partial charge in [-0.05, 0) is 44.1 Å². The maximum absolute atomic E-state index is 12.7. The van der Waals surface area contributed by atoms with Gasteiger partial charge in [-0.1, -0.05) is 43.3 Å². The molecule has 3 nitrogen and oxygen atoms in total. The molecule has 1 atom stereocenters. The highest BCUT2D eigenvalue weighted by molar-refractivity contribution is 7.53. The first kappa shape index (κ1) is 19.2. The fourth-order valence-corrected chi connectivity index (χ4v) is 4.77. The van der Waals surface area contributed by atoms with Crippen molar-refractivity contribution < 1.29 is 13.6 Å². The Kier molecular flexibility index (Phi) is 8.09. The molecule has 1 aromatic rings. The number of rotatable bonds is 11. The molecule has 0 aliphatic rings. The van der Waals surface area contributed by atoms with Crippen LogP contribution in [0, 0.1) is 5.41 Å². The second-order valence-electron chi connectivity index (χ2n) is 5.80. The van der Waals surface area contributed by atoms with Gasteiger partial charge in [0.2, 0.25) is 0 Å². The predicted octanol–water partition coefficient (Wildman–Crippen LogP) is 5.47. The van der Waals surface area contributed by atoms with Crippen molar-refractivity contribution in [3.8, 4) is 0 Å². The SMILES string of the molecule is C=C[C@@](C)(CCCc1ccccc1)CP(=O)(OCC)OCC. The quantitative estimate of drug-likeness (QED) is 0.400. The molecule has 4 heteroatoms. The van der Waals surface area contributed by atoms with Crippen molar-refractivity contribution in [3.05, 3.63) is 48.6 Å². The first-order valence-electron chi connectivity index (χ1n) is 8.02. The van der Waals surface area contributed by atoms with Crippen LogP contribution in [0.5, 0.6) is 0 Å². The van der Waals surface area contributed by atoms with Gasteiger partial charge in [0.05, 0.1) is 19.4 Å². The zero-order chi connectivity index (χ0) is 16.5. The molecule has 1 aromatic carbocycles. The van der Waals surface area contributed by atoms with Crippen molar-refractivity contribution >= 4 is 7.60 Å². The minimum absolute atomic E-state index is 0.241. The Morgan fingerprint density at radius 1 is 1.18 bits per heavy atom. The van der Waals surface area contributed by atoms with Crippen molar-refractivity contribution in [3.63, 3.8) is 0 Å². The second kappa shape index (κ2) is 9.29. The minimum atomic E-state index is -3.04. The normalized spacial score (nSPS) is 14.5. The van der Waals surface area contributed by atoms with Gasteiger partial charge in [-0.15, -0.1) is 6.58 Å². The van der Waals surface area contributed by atoms with Crippen LogP contribution in [0.15, 0.2) is 43.0 Å². The Balaban J connectivity index is 2.62. The van der Waals surface area contributed by atoms with E-state index < -0.39 is 7.60 Å². The molecule has 22 heavy (non-hydrogen) atoms. The summed E-state index contributed by atoms with van der Waals surface area (Å²) in [7, 11) is -3.04. The van der Waals surface area contributed by atoms with Crippen LogP contribution >= 0.6 is 7.60 Å². The monoisotopic (exact) mass is 324 g/mol. The highest BCUT2D eigenvalue weighted by Crippen LogP contribution is 2.53. The van der Waals surface area contributed by atoms with Crippen LogP contribution in [0.25, 0.3) is 0 Å². The summed E-state index contributed by atoms with van der Waals surface area (Å²) in [5.41, 5.74) is 1.08. The predicted molar refractivity (Wildman–Crippen MR) is 93.4 cm³/mol. The van der Waals surface area contributed by atoms with E-state index in [0.29, 0.717) is 19.4 Å². The summed E-state index contributed by atoms with van der Waals surface area (Å²) in [6.45, 7) is 10.5. The van der Waals surface area contributed by atoms with Gasteiger partial charge >= 0.3 is 7.60 Å². The van der Waals surface area contributed by atoms with Crippen LogP contribution in [0.2, 0.25) is 0 Å². The standard InChI is InChI=1S/C18H29O3P/c1-5-18(4,16-22(19,20-6-2)21-7-3)15-11-14-17-12-9-8-10-13-17/h5,8-10,12-13H,1,6-7,11,14-16H2,2-4H3/t18-/m0/s1. The fraction of sp³-hybridized carbons (Fsp3) is 0.556. The molecule has 0 aliphatic carbocycles. The summed E-state index contributed by atoms with van der Waals surface area (Å²) in [5.74, 6) is 0. The molecular weight excluding hydrogens is 295 g/mol. The van der Waals surface area contributed by atoms with Crippen LogP contribution in [-0.4, -0.2) is 19.4 Å². The molecule has 124 valence electrons. The average molecular weight is 324 g/mol. The van der Waals surface area contributed by atoms with Crippen molar-refractivity contribution in [1.82, 2.24) is 0 Å². The van der Waals surface area contributed by atoms with Crippen molar-refractivity contribution in [1.29, 1.82) is 0 Å². The lowest BCUT2D eigenvalue weighted by molar-refractivity contribution is 0.210. The summed E-state index contributed by atoms with van der Waals surface area (Å²) >= 11 is 0. The lowest BCUT2D eigenvalue weighted by atomic mass is 9.86. The molecule has 0 saturated carbocycles. The van der Waals surface area contributed by atoms with Gasteiger partial charge in [-0.3, -0.25) is 4.57 Å². The Bertz CT molecular complexity index is 476. The highest BCUT2D eigenvalue weighted by atomic mass is 31.2. The van der Waals surface area contributed by atoms with E-state index in [2.05, 4.69) is 37.8 Å². The summed E-state index contributed by atoms with van der Waals surface area (Å²) in [6.07, 6.45) is 5.22. The van der Waals surface area contributed by atoms with Gasteiger partial charge in [0.1, 0.15) is 0 Å².